The molecular weight excluding hydrogens is 362 g/mol. The van der Waals surface area contributed by atoms with Gasteiger partial charge >= 0.3 is 0 Å². The van der Waals surface area contributed by atoms with Gasteiger partial charge in [-0.3, -0.25) is 18.7 Å². The fourth-order valence-electron chi connectivity index (χ4n) is 3.81. The van der Waals surface area contributed by atoms with Crippen molar-refractivity contribution in [3.05, 3.63) is 57.0 Å². The molecule has 138 valence electrons. The number of nitrogens with zero attached hydrogens (tertiary/aromatic N) is 5. The molecule has 3 aromatic heterocycles. The predicted octanol–water partition coefficient (Wildman–Crippen LogP) is 2.21. The molecule has 0 fully saturated rings. The number of thiophene rings is 1. The summed E-state index contributed by atoms with van der Waals surface area (Å²) in [4.78, 5) is 14.8. The fourth-order valence-corrected chi connectivity index (χ4v) is 4.66. The molecule has 4 heterocycles. The first-order valence-corrected chi connectivity index (χ1v) is 9.72. The third-order valence-corrected chi connectivity index (χ3v) is 6.16. The molecule has 0 N–H and O–H groups in total. The third-order valence-electron chi connectivity index (χ3n) is 5.27. The topological polar surface area (TPSA) is 64.7 Å². The molecule has 0 spiro atoms. The summed E-state index contributed by atoms with van der Waals surface area (Å²) >= 11 is 1.46. The molecule has 8 heteroatoms. The summed E-state index contributed by atoms with van der Waals surface area (Å²) in [5, 5.41) is 10.6. The van der Waals surface area contributed by atoms with Gasteiger partial charge in [0.1, 0.15) is 10.4 Å². The van der Waals surface area contributed by atoms with E-state index in [4.69, 9.17) is 4.74 Å². The monoisotopic (exact) mass is 381 g/mol. The van der Waals surface area contributed by atoms with E-state index in [0.717, 1.165) is 41.3 Å². The number of methoxy groups -OCH3 is 1. The van der Waals surface area contributed by atoms with E-state index in [0.29, 0.717) is 12.3 Å². The Balaban J connectivity index is 1.53. The SMILES string of the molecule is COc1ccc2c(c1)CN(Cc1nnc3n(C)c(=O)c4sccc4n13)CC2. The minimum atomic E-state index is -0.0227. The number of hydrogen-bond donors (Lipinski definition) is 0. The molecule has 0 saturated carbocycles. The van der Waals surface area contributed by atoms with Crippen molar-refractivity contribution in [3.63, 3.8) is 0 Å². The van der Waals surface area contributed by atoms with Crippen LogP contribution in [0.4, 0.5) is 0 Å². The van der Waals surface area contributed by atoms with Crippen LogP contribution >= 0.6 is 11.3 Å². The Morgan fingerprint density at radius 2 is 2.11 bits per heavy atom. The number of benzene rings is 1. The molecule has 0 radical (unpaired) electrons. The molecule has 0 bridgehead atoms. The van der Waals surface area contributed by atoms with Crippen molar-refractivity contribution in [3.8, 4) is 5.75 Å². The summed E-state index contributed by atoms with van der Waals surface area (Å²) < 4.78 is 9.69. The van der Waals surface area contributed by atoms with E-state index in [2.05, 4.69) is 27.2 Å². The first kappa shape index (κ1) is 16.5. The zero-order valence-corrected chi connectivity index (χ0v) is 16.0. The number of aromatic nitrogens is 4. The Kier molecular flexibility index (Phi) is 3.76. The van der Waals surface area contributed by atoms with E-state index < -0.39 is 0 Å². The predicted molar refractivity (Wildman–Crippen MR) is 104 cm³/mol. The zero-order chi connectivity index (χ0) is 18.5. The van der Waals surface area contributed by atoms with Crippen LogP contribution in [-0.4, -0.2) is 37.7 Å². The molecule has 1 aliphatic rings. The smallest absolute Gasteiger partial charge is 0.272 e. The van der Waals surface area contributed by atoms with Gasteiger partial charge in [0.15, 0.2) is 5.82 Å². The van der Waals surface area contributed by atoms with Crippen LogP contribution in [0.2, 0.25) is 0 Å². The maximum Gasteiger partial charge on any atom is 0.272 e. The van der Waals surface area contributed by atoms with Gasteiger partial charge in [0.2, 0.25) is 5.78 Å². The van der Waals surface area contributed by atoms with Gasteiger partial charge in [-0.25, -0.2) is 0 Å². The molecule has 4 aromatic rings. The lowest BCUT2D eigenvalue weighted by Gasteiger charge is -2.28. The van der Waals surface area contributed by atoms with Crippen molar-refractivity contribution in [2.45, 2.75) is 19.5 Å². The summed E-state index contributed by atoms with van der Waals surface area (Å²) in [6, 6.07) is 8.26. The lowest BCUT2D eigenvalue weighted by atomic mass is 9.99. The third kappa shape index (κ3) is 2.55. The molecule has 1 aliphatic heterocycles. The molecule has 27 heavy (non-hydrogen) atoms. The van der Waals surface area contributed by atoms with Crippen molar-refractivity contribution in [1.82, 2.24) is 24.1 Å². The van der Waals surface area contributed by atoms with Gasteiger partial charge in [-0.2, -0.15) is 0 Å². The van der Waals surface area contributed by atoms with Gasteiger partial charge in [-0.15, -0.1) is 21.5 Å². The first-order chi connectivity index (χ1) is 13.2. The van der Waals surface area contributed by atoms with Crippen molar-refractivity contribution in [2.24, 2.45) is 7.05 Å². The Hall–Kier alpha value is -2.71. The standard InChI is InChI=1S/C19H19N5O2S/c1-22-18(25)17-15(6-8-27-17)24-16(20-21-19(22)24)11-23-7-5-12-3-4-14(26-2)9-13(12)10-23/h3-4,6,8-9H,5,7,10-11H2,1-2H3. The van der Waals surface area contributed by atoms with Crippen molar-refractivity contribution in [2.75, 3.05) is 13.7 Å². The number of hydrogen-bond acceptors (Lipinski definition) is 6. The zero-order valence-electron chi connectivity index (χ0n) is 15.2. The van der Waals surface area contributed by atoms with Crippen LogP contribution in [0.5, 0.6) is 5.75 Å². The molecule has 0 aliphatic carbocycles. The number of aryl methyl sites for hydroxylation is 1. The lowest BCUT2D eigenvalue weighted by Crippen LogP contribution is -2.31. The first-order valence-electron chi connectivity index (χ1n) is 8.84. The number of rotatable bonds is 3. The van der Waals surface area contributed by atoms with Gasteiger partial charge in [0, 0.05) is 20.1 Å². The summed E-state index contributed by atoms with van der Waals surface area (Å²) in [5.74, 6) is 2.33. The van der Waals surface area contributed by atoms with E-state index in [1.807, 2.05) is 21.9 Å². The number of ether oxygens (including phenoxy) is 1. The van der Waals surface area contributed by atoms with Crippen LogP contribution in [0, 0.1) is 0 Å². The molecule has 1 aromatic carbocycles. The fraction of sp³-hybridized carbons (Fsp3) is 0.316. The molecule has 0 saturated heterocycles. The Bertz CT molecular complexity index is 1220. The van der Waals surface area contributed by atoms with Crippen LogP contribution < -0.4 is 10.3 Å². The Morgan fingerprint density at radius 3 is 2.96 bits per heavy atom. The molecule has 0 unspecified atom stereocenters. The van der Waals surface area contributed by atoms with Crippen LogP contribution in [0.1, 0.15) is 17.0 Å². The van der Waals surface area contributed by atoms with Gasteiger partial charge < -0.3 is 4.74 Å². The maximum atomic E-state index is 12.5. The average Bonchev–Trinajstić information content (AvgIpc) is 3.32. The number of fused-ring (bicyclic) bond motifs is 4. The quantitative estimate of drug-likeness (QED) is 0.544. The maximum absolute atomic E-state index is 12.5. The van der Waals surface area contributed by atoms with Crippen LogP contribution in [-0.2, 0) is 26.6 Å². The highest BCUT2D eigenvalue weighted by molar-refractivity contribution is 7.17. The Labute approximate surface area is 159 Å². The Morgan fingerprint density at radius 1 is 1.22 bits per heavy atom. The van der Waals surface area contributed by atoms with Gasteiger partial charge in [0.05, 0.1) is 19.2 Å². The van der Waals surface area contributed by atoms with Crippen molar-refractivity contribution < 1.29 is 4.74 Å². The minimum Gasteiger partial charge on any atom is -0.497 e. The van der Waals surface area contributed by atoms with E-state index in [1.165, 1.54) is 22.5 Å². The van der Waals surface area contributed by atoms with Gasteiger partial charge in [-0.1, -0.05) is 6.07 Å². The minimum absolute atomic E-state index is 0.0227. The lowest BCUT2D eigenvalue weighted by molar-refractivity contribution is 0.238. The van der Waals surface area contributed by atoms with E-state index in [-0.39, 0.29) is 5.56 Å². The van der Waals surface area contributed by atoms with Crippen LogP contribution in [0.3, 0.4) is 0 Å². The van der Waals surface area contributed by atoms with Gasteiger partial charge in [-0.05, 0) is 41.1 Å². The highest BCUT2D eigenvalue weighted by Crippen LogP contribution is 2.25. The second-order valence-corrected chi connectivity index (χ2v) is 7.76. The van der Waals surface area contributed by atoms with E-state index in [9.17, 15) is 4.79 Å². The highest BCUT2D eigenvalue weighted by atomic mass is 32.1. The summed E-state index contributed by atoms with van der Waals surface area (Å²) in [6.07, 6.45) is 1.00. The molecule has 5 rings (SSSR count). The second kappa shape index (κ2) is 6.17. The largest absolute Gasteiger partial charge is 0.497 e. The summed E-state index contributed by atoms with van der Waals surface area (Å²) in [7, 11) is 3.44. The molecule has 7 nitrogen and oxygen atoms in total. The van der Waals surface area contributed by atoms with Crippen LogP contribution in [0.15, 0.2) is 34.4 Å². The summed E-state index contributed by atoms with van der Waals surface area (Å²) in [5.41, 5.74) is 3.53. The molecule has 0 amide bonds. The molecular formula is C19H19N5O2S. The second-order valence-electron chi connectivity index (χ2n) is 6.85. The highest BCUT2D eigenvalue weighted by Gasteiger charge is 2.21. The van der Waals surface area contributed by atoms with E-state index in [1.54, 1.807) is 18.7 Å². The average molecular weight is 381 g/mol. The van der Waals surface area contributed by atoms with Crippen LogP contribution in [0.25, 0.3) is 16.0 Å². The van der Waals surface area contributed by atoms with E-state index >= 15 is 0 Å². The van der Waals surface area contributed by atoms with Crippen molar-refractivity contribution in [1.29, 1.82) is 0 Å². The molecule has 0 atom stereocenters. The summed E-state index contributed by atoms with van der Waals surface area (Å²) in [6.45, 7) is 2.49. The normalized spacial score (nSPS) is 14.7. The van der Waals surface area contributed by atoms with Gasteiger partial charge in [0.25, 0.3) is 5.56 Å². The van der Waals surface area contributed by atoms with Crippen molar-refractivity contribution >= 4 is 27.3 Å².